The summed E-state index contributed by atoms with van der Waals surface area (Å²) in [7, 11) is 0. The Hall–Kier alpha value is -0.590. The fraction of sp³-hybridized carbons (Fsp3) is 0.692. The highest BCUT2D eigenvalue weighted by Crippen LogP contribution is 2.49. The molecule has 1 fully saturated rings. The summed E-state index contributed by atoms with van der Waals surface area (Å²) in [6, 6.07) is 1.32. The van der Waals surface area contributed by atoms with Crippen molar-refractivity contribution >= 4 is 11.3 Å². The van der Waals surface area contributed by atoms with Gasteiger partial charge < -0.3 is 10.1 Å². The van der Waals surface area contributed by atoms with Gasteiger partial charge in [0, 0.05) is 10.8 Å². The van der Waals surface area contributed by atoms with Gasteiger partial charge in [0.2, 0.25) is 0 Å². The summed E-state index contributed by atoms with van der Waals surface area (Å²) in [5.41, 5.74) is 0.290. The molecule has 1 saturated heterocycles. The smallest absolute Gasteiger partial charge is 0.369 e. The molecule has 1 N–H and O–H groups in total. The van der Waals surface area contributed by atoms with E-state index in [4.69, 9.17) is 4.74 Å². The number of ether oxygens (including phenoxy) is 1. The van der Waals surface area contributed by atoms with Gasteiger partial charge in [0.25, 0.3) is 0 Å². The molecular weight excluding hydrogens is 275 g/mol. The molecule has 6 heteroatoms. The second-order valence-electron chi connectivity index (χ2n) is 5.34. The van der Waals surface area contributed by atoms with Crippen LogP contribution in [0.3, 0.4) is 0 Å². The van der Waals surface area contributed by atoms with Gasteiger partial charge in [-0.2, -0.15) is 13.2 Å². The van der Waals surface area contributed by atoms with Crippen LogP contribution in [0.1, 0.15) is 41.0 Å². The number of fused-ring (bicyclic) bond motifs is 2. The minimum absolute atomic E-state index is 0.0524. The first-order valence-corrected chi connectivity index (χ1v) is 7.30. The van der Waals surface area contributed by atoms with Gasteiger partial charge in [-0.15, -0.1) is 11.3 Å². The van der Waals surface area contributed by atoms with Crippen molar-refractivity contribution in [2.24, 2.45) is 0 Å². The molecule has 0 aliphatic carbocycles. The summed E-state index contributed by atoms with van der Waals surface area (Å²) >= 11 is 0.893. The molecule has 2 aliphatic rings. The Balaban J connectivity index is 2.06. The van der Waals surface area contributed by atoms with Crippen LogP contribution in [-0.2, 0) is 16.5 Å². The van der Waals surface area contributed by atoms with Crippen molar-refractivity contribution in [2.75, 3.05) is 19.7 Å². The molecule has 0 radical (unpaired) electrons. The molecule has 0 amide bonds. The number of halogens is 3. The van der Waals surface area contributed by atoms with E-state index in [1.165, 1.54) is 6.07 Å². The standard InChI is InChI=1S/C13H16F3NOS/c1-8-7-18-12(2-4-17-5-3-12)9-6-10(13(14,15)16)19-11(8)9/h6,8,17H,2-5,7H2,1H3. The predicted molar refractivity (Wildman–Crippen MR) is 67.5 cm³/mol. The van der Waals surface area contributed by atoms with E-state index in [9.17, 15) is 13.2 Å². The van der Waals surface area contributed by atoms with Crippen LogP contribution < -0.4 is 5.32 Å². The topological polar surface area (TPSA) is 21.3 Å². The van der Waals surface area contributed by atoms with Crippen molar-refractivity contribution in [1.29, 1.82) is 0 Å². The zero-order chi connectivity index (χ0) is 13.7. The highest BCUT2D eigenvalue weighted by Gasteiger charge is 2.45. The van der Waals surface area contributed by atoms with Gasteiger partial charge in [0.05, 0.1) is 12.2 Å². The number of hydrogen-bond acceptors (Lipinski definition) is 3. The summed E-state index contributed by atoms with van der Waals surface area (Å²) in [5, 5.41) is 3.24. The van der Waals surface area contributed by atoms with Gasteiger partial charge in [-0.1, -0.05) is 6.92 Å². The molecule has 0 aromatic carbocycles. The Morgan fingerprint density at radius 3 is 2.68 bits per heavy atom. The summed E-state index contributed by atoms with van der Waals surface area (Å²) in [6.45, 7) is 4.05. The van der Waals surface area contributed by atoms with Gasteiger partial charge >= 0.3 is 6.18 Å². The van der Waals surface area contributed by atoms with Crippen molar-refractivity contribution < 1.29 is 17.9 Å². The summed E-state index contributed by atoms with van der Waals surface area (Å²) < 4.78 is 44.7. The first-order chi connectivity index (χ1) is 8.92. The number of hydrogen-bond donors (Lipinski definition) is 1. The van der Waals surface area contributed by atoms with Gasteiger partial charge in [0.15, 0.2) is 0 Å². The number of piperidine rings is 1. The average Bonchev–Trinajstić information content (AvgIpc) is 2.82. The maximum absolute atomic E-state index is 12.9. The lowest BCUT2D eigenvalue weighted by Gasteiger charge is -2.42. The average molecular weight is 291 g/mol. The monoisotopic (exact) mass is 291 g/mol. The molecule has 106 valence electrons. The van der Waals surface area contributed by atoms with E-state index in [-0.39, 0.29) is 5.92 Å². The highest BCUT2D eigenvalue weighted by molar-refractivity contribution is 7.12. The van der Waals surface area contributed by atoms with E-state index in [0.717, 1.165) is 47.7 Å². The number of rotatable bonds is 0. The predicted octanol–water partition coefficient (Wildman–Crippen LogP) is 3.48. The molecule has 19 heavy (non-hydrogen) atoms. The molecule has 0 bridgehead atoms. The Bertz CT molecular complexity index is 477. The third kappa shape index (κ3) is 2.19. The van der Waals surface area contributed by atoms with Gasteiger partial charge in [0.1, 0.15) is 4.88 Å². The van der Waals surface area contributed by atoms with E-state index in [1.54, 1.807) is 0 Å². The van der Waals surface area contributed by atoms with Crippen LogP contribution in [0, 0.1) is 0 Å². The van der Waals surface area contributed by atoms with Crippen LogP contribution in [0.25, 0.3) is 0 Å². The first-order valence-electron chi connectivity index (χ1n) is 6.48. The molecule has 1 aromatic rings. The second kappa shape index (κ2) is 4.46. The molecule has 1 atom stereocenters. The molecule has 3 rings (SSSR count). The van der Waals surface area contributed by atoms with Crippen LogP contribution >= 0.6 is 11.3 Å². The Labute approximate surface area is 114 Å². The number of thiophene rings is 1. The minimum Gasteiger partial charge on any atom is -0.369 e. The molecular formula is C13H16F3NOS. The van der Waals surface area contributed by atoms with Gasteiger partial charge in [-0.05, 0) is 37.6 Å². The highest BCUT2D eigenvalue weighted by atomic mass is 32.1. The van der Waals surface area contributed by atoms with Crippen LogP contribution in [0.2, 0.25) is 0 Å². The summed E-state index contributed by atoms with van der Waals surface area (Å²) in [6.07, 6.45) is -2.75. The number of nitrogens with one attached hydrogen (secondary N) is 1. The third-order valence-electron chi connectivity index (χ3n) is 4.00. The van der Waals surface area contributed by atoms with Gasteiger partial charge in [-0.3, -0.25) is 0 Å². The number of alkyl halides is 3. The largest absolute Gasteiger partial charge is 0.425 e. The SMILES string of the molecule is CC1COC2(CCNCC2)c2cc(C(F)(F)F)sc21. The fourth-order valence-electron chi connectivity index (χ4n) is 2.95. The maximum Gasteiger partial charge on any atom is 0.425 e. The maximum atomic E-state index is 12.9. The summed E-state index contributed by atoms with van der Waals surface area (Å²) in [4.78, 5) is 0.369. The molecule has 2 nitrogen and oxygen atoms in total. The lowest BCUT2D eigenvalue weighted by Crippen LogP contribution is -2.44. The Kier molecular flexibility index (Phi) is 3.15. The third-order valence-corrected chi connectivity index (χ3v) is 5.41. The lowest BCUT2D eigenvalue weighted by atomic mass is 9.81. The molecule has 3 heterocycles. The van der Waals surface area contributed by atoms with Crippen LogP contribution in [0.5, 0.6) is 0 Å². The van der Waals surface area contributed by atoms with Crippen molar-refractivity contribution in [3.05, 3.63) is 21.4 Å². The second-order valence-corrected chi connectivity index (χ2v) is 6.43. The zero-order valence-corrected chi connectivity index (χ0v) is 11.5. The Morgan fingerprint density at radius 2 is 2.05 bits per heavy atom. The molecule has 2 aliphatic heterocycles. The van der Waals surface area contributed by atoms with Crippen molar-refractivity contribution in [2.45, 2.75) is 37.5 Å². The van der Waals surface area contributed by atoms with Crippen molar-refractivity contribution in [3.8, 4) is 0 Å². The molecule has 1 unspecified atom stereocenters. The quantitative estimate of drug-likeness (QED) is 0.790. The first kappa shape index (κ1) is 13.4. The van der Waals surface area contributed by atoms with E-state index in [2.05, 4.69) is 5.32 Å². The van der Waals surface area contributed by atoms with E-state index < -0.39 is 16.7 Å². The minimum atomic E-state index is -4.25. The fourth-order valence-corrected chi connectivity index (χ4v) is 4.10. The van der Waals surface area contributed by atoms with Crippen LogP contribution in [-0.4, -0.2) is 19.7 Å². The molecule has 1 aromatic heterocycles. The van der Waals surface area contributed by atoms with Crippen molar-refractivity contribution in [3.63, 3.8) is 0 Å². The van der Waals surface area contributed by atoms with Crippen LogP contribution in [0.15, 0.2) is 6.07 Å². The zero-order valence-electron chi connectivity index (χ0n) is 10.6. The van der Waals surface area contributed by atoms with E-state index in [0.29, 0.717) is 6.61 Å². The van der Waals surface area contributed by atoms with Crippen molar-refractivity contribution in [1.82, 2.24) is 5.32 Å². The molecule has 0 saturated carbocycles. The normalized spacial score (nSPS) is 26.4. The molecule has 1 spiro atoms. The lowest BCUT2D eigenvalue weighted by molar-refractivity contribution is -0.134. The summed E-state index contributed by atoms with van der Waals surface area (Å²) in [5.74, 6) is 0.0524. The van der Waals surface area contributed by atoms with Crippen LogP contribution in [0.4, 0.5) is 13.2 Å². The van der Waals surface area contributed by atoms with E-state index in [1.807, 2.05) is 6.92 Å². The van der Waals surface area contributed by atoms with Gasteiger partial charge in [-0.25, -0.2) is 0 Å². The Morgan fingerprint density at radius 1 is 1.37 bits per heavy atom. The van der Waals surface area contributed by atoms with E-state index >= 15 is 0 Å².